The quantitative estimate of drug-likeness (QED) is 0.646. The number of aromatic nitrogens is 2. The third kappa shape index (κ3) is 3.11. The summed E-state index contributed by atoms with van der Waals surface area (Å²) >= 11 is 0. The normalized spacial score (nSPS) is 16.2. The lowest BCUT2D eigenvalue weighted by molar-refractivity contribution is 0.00557. The van der Waals surface area contributed by atoms with Crippen molar-refractivity contribution >= 4 is 34.3 Å². The van der Waals surface area contributed by atoms with E-state index in [4.69, 9.17) is 9.47 Å². The molecule has 0 spiro atoms. The second-order valence-electron chi connectivity index (χ2n) is 7.94. The number of carbonyl (C=O) groups is 2. The number of carbonyl (C=O) groups excluding carboxylic acids is 2. The summed E-state index contributed by atoms with van der Waals surface area (Å²) in [7, 11) is 4.82. The number of β-amino-alcohol motifs (C(OH)–C–C–N with tert-alkyl or cyclic N) is 1. The standard InChI is InChI=1S/C22H23N5O5/c1-25-19-12(9-27(22(25)30)13-4-15(31-2)6-16(5-13)32-3)8-23-20-17(19)7-18(24-20)21(29)26-10-14(28)11-26/h4-8,14,28H,9-11H2,1-3H3,(H,23,24). The summed E-state index contributed by atoms with van der Waals surface area (Å²) in [5.74, 6) is 0.968. The number of hydrogen-bond acceptors (Lipinski definition) is 6. The molecule has 166 valence electrons. The number of urea groups is 1. The predicted molar refractivity (Wildman–Crippen MR) is 118 cm³/mol. The Morgan fingerprint density at radius 1 is 1.16 bits per heavy atom. The predicted octanol–water partition coefficient (Wildman–Crippen LogP) is 1.97. The van der Waals surface area contributed by atoms with Crippen LogP contribution in [0.5, 0.6) is 11.5 Å². The minimum absolute atomic E-state index is 0.197. The molecule has 0 saturated carbocycles. The number of H-pyrrole nitrogens is 1. The Bertz CT molecular complexity index is 1210. The molecule has 2 aliphatic rings. The number of aromatic amines is 1. The van der Waals surface area contributed by atoms with Gasteiger partial charge in [-0.2, -0.15) is 0 Å². The minimum Gasteiger partial charge on any atom is -0.497 e. The average molecular weight is 437 g/mol. The van der Waals surface area contributed by atoms with Gasteiger partial charge in [-0.15, -0.1) is 0 Å². The van der Waals surface area contributed by atoms with Crippen molar-refractivity contribution in [3.05, 3.63) is 41.7 Å². The lowest BCUT2D eigenvalue weighted by Crippen LogP contribution is -2.53. The molecule has 1 saturated heterocycles. The van der Waals surface area contributed by atoms with E-state index in [1.807, 2.05) is 0 Å². The van der Waals surface area contributed by atoms with Gasteiger partial charge in [0.1, 0.15) is 22.8 Å². The molecule has 0 radical (unpaired) electrons. The summed E-state index contributed by atoms with van der Waals surface area (Å²) in [4.78, 5) is 38.2. The fraction of sp³-hybridized carbons (Fsp3) is 0.318. The smallest absolute Gasteiger partial charge is 0.329 e. The van der Waals surface area contributed by atoms with Gasteiger partial charge in [0.15, 0.2) is 0 Å². The lowest BCUT2D eigenvalue weighted by atomic mass is 10.1. The minimum atomic E-state index is -0.473. The van der Waals surface area contributed by atoms with E-state index in [9.17, 15) is 14.7 Å². The van der Waals surface area contributed by atoms with Gasteiger partial charge in [0.25, 0.3) is 5.91 Å². The molecule has 32 heavy (non-hydrogen) atoms. The Kier molecular flexibility index (Phi) is 4.66. The Hall–Kier alpha value is -3.79. The van der Waals surface area contributed by atoms with Crippen LogP contribution in [0.25, 0.3) is 11.0 Å². The second-order valence-corrected chi connectivity index (χ2v) is 7.94. The first-order chi connectivity index (χ1) is 15.4. The SMILES string of the molecule is COc1cc(OC)cc(N2Cc3cnc4[nH]c(C(=O)N5CC(O)C5)cc4c3N(C)C2=O)c1. The Labute approximate surface area is 183 Å². The topological polar surface area (TPSA) is 111 Å². The number of hydrogen-bond donors (Lipinski definition) is 2. The highest BCUT2D eigenvalue weighted by Gasteiger charge is 2.34. The zero-order chi connectivity index (χ0) is 22.6. The monoisotopic (exact) mass is 437 g/mol. The number of ether oxygens (including phenoxy) is 2. The maximum Gasteiger partial charge on any atom is 0.329 e. The molecular formula is C22H23N5O5. The van der Waals surface area contributed by atoms with E-state index in [2.05, 4.69) is 9.97 Å². The molecule has 4 heterocycles. The average Bonchev–Trinajstić information content (AvgIpc) is 3.22. The van der Waals surface area contributed by atoms with Crippen LogP contribution in [0.3, 0.4) is 0 Å². The van der Waals surface area contributed by atoms with Gasteiger partial charge in [-0.25, -0.2) is 9.78 Å². The number of nitrogens with zero attached hydrogens (tertiary/aromatic N) is 4. The van der Waals surface area contributed by atoms with Crippen molar-refractivity contribution in [3.8, 4) is 11.5 Å². The zero-order valence-electron chi connectivity index (χ0n) is 18.0. The number of aliphatic hydroxyl groups is 1. The first-order valence-corrected chi connectivity index (χ1v) is 10.2. The van der Waals surface area contributed by atoms with Gasteiger partial charge >= 0.3 is 6.03 Å². The van der Waals surface area contributed by atoms with Gasteiger partial charge in [-0.05, 0) is 6.07 Å². The Morgan fingerprint density at radius 2 is 1.84 bits per heavy atom. The molecule has 1 aromatic carbocycles. The molecule has 5 rings (SSSR count). The second kappa shape index (κ2) is 7.41. The number of amides is 3. The van der Waals surface area contributed by atoms with Gasteiger partial charge in [0, 0.05) is 55.5 Å². The number of fused-ring (bicyclic) bond motifs is 3. The Balaban J connectivity index is 1.53. The summed E-state index contributed by atoms with van der Waals surface area (Å²) in [5, 5.41) is 10.2. The van der Waals surface area contributed by atoms with Crippen molar-refractivity contribution in [3.63, 3.8) is 0 Å². The van der Waals surface area contributed by atoms with Gasteiger partial charge in [-0.3, -0.25) is 14.6 Å². The van der Waals surface area contributed by atoms with Crippen molar-refractivity contribution < 1.29 is 24.2 Å². The number of pyridine rings is 1. The summed E-state index contributed by atoms with van der Waals surface area (Å²) < 4.78 is 10.7. The van der Waals surface area contributed by atoms with Crippen LogP contribution in [0.2, 0.25) is 0 Å². The molecule has 0 atom stereocenters. The van der Waals surface area contributed by atoms with Crippen LogP contribution in [0, 0.1) is 0 Å². The van der Waals surface area contributed by atoms with Crippen LogP contribution in [0.1, 0.15) is 16.1 Å². The molecule has 3 aromatic rings. The third-order valence-corrected chi connectivity index (χ3v) is 5.92. The molecule has 2 aromatic heterocycles. The first kappa shape index (κ1) is 20.1. The van der Waals surface area contributed by atoms with Crippen molar-refractivity contribution in [1.82, 2.24) is 14.9 Å². The highest BCUT2D eigenvalue weighted by atomic mass is 16.5. The summed E-state index contributed by atoms with van der Waals surface area (Å²) in [6, 6.07) is 6.80. The number of anilines is 2. The summed E-state index contributed by atoms with van der Waals surface area (Å²) in [5.41, 5.74) is 3.12. The highest BCUT2D eigenvalue weighted by Crippen LogP contribution is 2.38. The van der Waals surface area contributed by atoms with Gasteiger partial charge in [0.05, 0.1) is 38.2 Å². The van der Waals surface area contributed by atoms with Crippen molar-refractivity contribution in [2.45, 2.75) is 12.6 Å². The number of aliphatic hydroxyl groups excluding tert-OH is 1. The lowest BCUT2D eigenvalue weighted by Gasteiger charge is -2.35. The van der Waals surface area contributed by atoms with Crippen molar-refractivity contribution in [2.24, 2.45) is 0 Å². The highest BCUT2D eigenvalue weighted by molar-refractivity contribution is 6.12. The molecule has 0 aliphatic carbocycles. The molecule has 2 aliphatic heterocycles. The number of likely N-dealkylation sites (tertiary alicyclic amines) is 1. The van der Waals surface area contributed by atoms with E-state index in [-0.39, 0.29) is 11.9 Å². The van der Waals surface area contributed by atoms with Crippen molar-refractivity contribution in [2.75, 3.05) is 44.2 Å². The maximum atomic E-state index is 13.3. The van der Waals surface area contributed by atoms with E-state index < -0.39 is 6.10 Å². The molecule has 0 unspecified atom stereocenters. The summed E-state index contributed by atoms with van der Waals surface area (Å²) in [6.07, 6.45) is 1.24. The molecule has 10 nitrogen and oxygen atoms in total. The summed E-state index contributed by atoms with van der Waals surface area (Å²) in [6.45, 7) is 0.943. The fourth-order valence-corrected chi connectivity index (χ4v) is 4.19. The number of rotatable bonds is 4. The van der Waals surface area contributed by atoms with Gasteiger partial charge in [-0.1, -0.05) is 0 Å². The van der Waals surface area contributed by atoms with Crippen LogP contribution < -0.4 is 19.3 Å². The van der Waals surface area contributed by atoms with Crippen LogP contribution in [0.15, 0.2) is 30.5 Å². The molecule has 1 fully saturated rings. The van der Waals surface area contributed by atoms with Crippen LogP contribution in [-0.2, 0) is 6.54 Å². The maximum absolute atomic E-state index is 13.3. The van der Waals surface area contributed by atoms with E-state index in [0.29, 0.717) is 59.2 Å². The molecular weight excluding hydrogens is 414 g/mol. The van der Waals surface area contributed by atoms with Crippen LogP contribution >= 0.6 is 0 Å². The Morgan fingerprint density at radius 3 is 2.47 bits per heavy atom. The van der Waals surface area contributed by atoms with E-state index >= 15 is 0 Å². The zero-order valence-corrected chi connectivity index (χ0v) is 18.0. The van der Waals surface area contributed by atoms with E-state index in [1.54, 1.807) is 66.4 Å². The number of nitrogens with one attached hydrogen (secondary N) is 1. The van der Waals surface area contributed by atoms with Crippen LogP contribution in [-0.4, -0.2) is 72.4 Å². The number of benzene rings is 1. The molecule has 10 heteroatoms. The molecule has 2 N–H and O–H groups in total. The first-order valence-electron chi connectivity index (χ1n) is 10.2. The largest absolute Gasteiger partial charge is 0.497 e. The van der Waals surface area contributed by atoms with Crippen molar-refractivity contribution in [1.29, 1.82) is 0 Å². The van der Waals surface area contributed by atoms with Gasteiger partial charge in [0.2, 0.25) is 0 Å². The van der Waals surface area contributed by atoms with Crippen LogP contribution in [0.4, 0.5) is 16.2 Å². The van der Waals surface area contributed by atoms with E-state index in [0.717, 1.165) is 5.56 Å². The third-order valence-electron chi connectivity index (χ3n) is 5.92. The fourth-order valence-electron chi connectivity index (χ4n) is 4.19. The molecule has 0 bridgehead atoms. The molecule has 3 amide bonds. The van der Waals surface area contributed by atoms with E-state index in [1.165, 1.54) is 0 Å². The number of methoxy groups -OCH3 is 2. The van der Waals surface area contributed by atoms with Gasteiger partial charge < -0.3 is 24.5 Å².